The fourth-order valence-corrected chi connectivity index (χ4v) is 4.09. The van der Waals surface area contributed by atoms with Gasteiger partial charge in [0.1, 0.15) is 17.3 Å². The van der Waals surface area contributed by atoms with E-state index in [1.165, 1.54) is 4.90 Å². The molecule has 4 rings (SSSR count). The number of carbonyl (C=O) groups excluding carboxylic acids is 1. The van der Waals surface area contributed by atoms with Gasteiger partial charge in [0.15, 0.2) is 0 Å². The van der Waals surface area contributed by atoms with Gasteiger partial charge >= 0.3 is 6.09 Å². The number of nitrogens with zero attached hydrogens (tertiary/aromatic N) is 4. The lowest BCUT2D eigenvalue weighted by Gasteiger charge is -2.24. The van der Waals surface area contributed by atoms with E-state index in [1.54, 1.807) is 31.5 Å². The molecule has 9 heteroatoms. The SMILES string of the molecule is CCOc1nc2cnc3ccc(Br)cc3c2n1[C@@H]1CN(C(=O)OC(C)(C)C)C[C@H]1F. The van der Waals surface area contributed by atoms with Crippen LogP contribution in [0.5, 0.6) is 6.01 Å². The molecule has 0 unspecified atom stereocenters. The number of aromatic nitrogens is 3. The first-order valence-corrected chi connectivity index (χ1v) is 10.7. The summed E-state index contributed by atoms with van der Waals surface area (Å²) in [5, 5.41) is 0.836. The highest BCUT2D eigenvalue weighted by Crippen LogP contribution is 2.37. The summed E-state index contributed by atoms with van der Waals surface area (Å²) in [6, 6.07) is 5.41. The Balaban J connectivity index is 1.82. The van der Waals surface area contributed by atoms with Crippen molar-refractivity contribution < 1.29 is 18.7 Å². The Bertz CT molecular complexity index is 1110. The van der Waals surface area contributed by atoms with Crippen molar-refractivity contribution in [1.82, 2.24) is 19.4 Å². The number of fused-ring (bicyclic) bond motifs is 3. The third-order valence-corrected chi connectivity index (χ3v) is 5.42. The number of hydrogen-bond acceptors (Lipinski definition) is 5. The molecule has 0 N–H and O–H groups in total. The number of hydrogen-bond donors (Lipinski definition) is 0. The minimum Gasteiger partial charge on any atom is -0.465 e. The Morgan fingerprint density at radius 1 is 1.30 bits per heavy atom. The van der Waals surface area contributed by atoms with Crippen molar-refractivity contribution in [3.63, 3.8) is 0 Å². The standard InChI is InChI=1S/C21H24BrFN4O3/c1-5-29-19-25-16-9-24-15-7-6-12(22)8-13(15)18(16)27(19)17-11-26(10-14(17)23)20(28)30-21(2,3)4/h6-9,14,17H,5,10-11H2,1-4H3/t14-,17-/m1/s1. The molecule has 2 aromatic heterocycles. The lowest BCUT2D eigenvalue weighted by Crippen LogP contribution is -2.35. The van der Waals surface area contributed by atoms with Gasteiger partial charge in [-0.3, -0.25) is 9.55 Å². The smallest absolute Gasteiger partial charge is 0.410 e. The summed E-state index contributed by atoms with van der Waals surface area (Å²) >= 11 is 3.50. The van der Waals surface area contributed by atoms with Gasteiger partial charge in [-0.15, -0.1) is 0 Å². The Kier molecular flexibility index (Phi) is 5.34. The van der Waals surface area contributed by atoms with E-state index in [2.05, 4.69) is 25.9 Å². The van der Waals surface area contributed by atoms with Crippen LogP contribution in [0.25, 0.3) is 21.9 Å². The number of amides is 1. The Morgan fingerprint density at radius 2 is 2.07 bits per heavy atom. The minimum atomic E-state index is -1.29. The van der Waals surface area contributed by atoms with Crippen LogP contribution in [0.4, 0.5) is 9.18 Å². The quantitative estimate of drug-likeness (QED) is 0.536. The van der Waals surface area contributed by atoms with Gasteiger partial charge in [-0.05, 0) is 45.9 Å². The maximum atomic E-state index is 15.2. The van der Waals surface area contributed by atoms with Crippen LogP contribution in [-0.4, -0.2) is 57.0 Å². The lowest BCUT2D eigenvalue weighted by atomic mass is 10.1. The second-order valence-corrected chi connectivity index (χ2v) is 9.24. The molecule has 2 atom stereocenters. The number of pyridine rings is 1. The zero-order chi connectivity index (χ0) is 21.6. The largest absolute Gasteiger partial charge is 0.465 e. The summed E-state index contributed by atoms with van der Waals surface area (Å²) in [6.07, 6.45) is -0.146. The molecule has 1 aromatic carbocycles. The monoisotopic (exact) mass is 478 g/mol. The normalized spacial score (nSPS) is 19.6. The van der Waals surface area contributed by atoms with E-state index in [4.69, 9.17) is 9.47 Å². The second-order valence-electron chi connectivity index (χ2n) is 8.32. The Labute approximate surface area is 182 Å². The molecule has 0 aliphatic carbocycles. The van der Waals surface area contributed by atoms with E-state index >= 15 is 4.39 Å². The molecule has 1 saturated heterocycles. The van der Waals surface area contributed by atoms with Crippen molar-refractivity contribution >= 4 is 44.0 Å². The molecule has 0 saturated carbocycles. The molecule has 1 aliphatic heterocycles. The fraction of sp³-hybridized carbons (Fsp3) is 0.476. The summed E-state index contributed by atoms with van der Waals surface area (Å²) in [5.74, 6) is 0. The van der Waals surface area contributed by atoms with Crippen molar-refractivity contribution in [2.24, 2.45) is 0 Å². The molecule has 0 spiro atoms. The van der Waals surface area contributed by atoms with Crippen molar-refractivity contribution in [3.8, 4) is 6.01 Å². The number of rotatable bonds is 3. The molecule has 0 bridgehead atoms. The first kappa shape index (κ1) is 20.8. The molecule has 0 radical (unpaired) electrons. The number of ether oxygens (including phenoxy) is 2. The third kappa shape index (κ3) is 3.82. The first-order chi connectivity index (χ1) is 14.2. The molecular formula is C21H24BrFN4O3. The number of likely N-dealkylation sites (tertiary alicyclic amines) is 1. The van der Waals surface area contributed by atoms with Crippen LogP contribution in [0.15, 0.2) is 28.9 Å². The van der Waals surface area contributed by atoms with E-state index < -0.39 is 23.9 Å². The second kappa shape index (κ2) is 7.68. The van der Waals surface area contributed by atoms with Crippen molar-refractivity contribution in [2.45, 2.75) is 45.5 Å². The molecule has 1 fully saturated rings. The molecule has 7 nitrogen and oxygen atoms in total. The van der Waals surface area contributed by atoms with E-state index in [0.29, 0.717) is 18.1 Å². The molecular weight excluding hydrogens is 455 g/mol. The number of benzene rings is 1. The van der Waals surface area contributed by atoms with Crippen LogP contribution in [0.2, 0.25) is 0 Å². The maximum Gasteiger partial charge on any atom is 0.410 e. The van der Waals surface area contributed by atoms with Crippen molar-refractivity contribution in [2.75, 3.05) is 19.7 Å². The van der Waals surface area contributed by atoms with Crippen LogP contribution in [0, 0.1) is 0 Å². The van der Waals surface area contributed by atoms with Gasteiger partial charge in [-0.25, -0.2) is 9.18 Å². The number of alkyl halides is 1. The molecule has 1 aliphatic rings. The van der Waals surface area contributed by atoms with Crippen LogP contribution in [0.1, 0.15) is 33.7 Å². The maximum absolute atomic E-state index is 15.2. The van der Waals surface area contributed by atoms with Crippen LogP contribution in [0.3, 0.4) is 0 Å². The predicted molar refractivity (Wildman–Crippen MR) is 116 cm³/mol. The van der Waals surface area contributed by atoms with E-state index in [-0.39, 0.29) is 13.1 Å². The average molecular weight is 479 g/mol. The average Bonchev–Trinajstić information content (AvgIpc) is 3.20. The van der Waals surface area contributed by atoms with Crippen LogP contribution < -0.4 is 4.74 Å². The first-order valence-electron chi connectivity index (χ1n) is 9.89. The van der Waals surface area contributed by atoms with Gasteiger partial charge < -0.3 is 14.4 Å². The summed E-state index contributed by atoms with van der Waals surface area (Å²) < 4.78 is 29.1. The van der Waals surface area contributed by atoms with Crippen LogP contribution >= 0.6 is 15.9 Å². The molecule has 3 heterocycles. The van der Waals surface area contributed by atoms with Crippen molar-refractivity contribution in [1.29, 1.82) is 0 Å². The summed E-state index contributed by atoms with van der Waals surface area (Å²) in [6.45, 7) is 7.73. The third-order valence-electron chi connectivity index (χ3n) is 4.92. The minimum absolute atomic E-state index is 0.0441. The fourth-order valence-electron chi connectivity index (χ4n) is 3.73. The molecule has 30 heavy (non-hydrogen) atoms. The van der Waals surface area contributed by atoms with Gasteiger partial charge in [-0.1, -0.05) is 15.9 Å². The van der Waals surface area contributed by atoms with E-state index in [1.807, 2.05) is 25.1 Å². The summed E-state index contributed by atoms with van der Waals surface area (Å²) in [4.78, 5) is 22.9. The van der Waals surface area contributed by atoms with Gasteiger partial charge in [-0.2, -0.15) is 4.98 Å². The van der Waals surface area contributed by atoms with E-state index in [0.717, 1.165) is 20.9 Å². The molecule has 1 amide bonds. The lowest BCUT2D eigenvalue weighted by molar-refractivity contribution is 0.0281. The number of halogens is 2. The van der Waals surface area contributed by atoms with E-state index in [9.17, 15) is 4.79 Å². The van der Waals surface area contributed by atoms with Crippen molar-refractivity contribution in [3.05, 3.63) is 28.9 Å². The van der Waals surface area contributed by atoms with Gasteiger partial charge in [0.2, 0.25) is 0 Å². The molecule has 3 aromatic rings. The highest BCUT2D eigenvalue weighted by molar-refractivity contribution is 9.10. The zero-order valence-corrected chi connectivity index (χ0v) is 18.9. The predicted octanol–water partition coefficient (Wildman–Crippen LogP) is 4.88. The van der Waals surface area contributed by atoms with Gasteiger partial charge in [0.05, 0.1) is 36.4 Å². The Hall–Kier alpha value is -2.42. The van der Waals surface area contributed by atoms with Gasteiger partial charge in [0.25, 0.3) is 6.01 Å². The van der Waals surface area contributed by atoms with Crippen LogP contribution in [-0.2, 0) is 4.74 Å². The Morgan fingerprint density at radius 3 is 2.77 bits per heavy atom. The number of carbonyl (C=O) groups is 1. The zero-order valence-electron chi connectivity index (χ0n) is 17.4. The molecule has 160 valence electrons. The number of imidazole rings is 1. The highest BCUT2D eigenvalue weighted by Gasteiger charge is 2.40. The summed E-state index contributed by atoms with van der Waals surface area (Å²) in [5.41, 5.74) is 1.48. The summed E-state index contributed by atoms with van der Waals surface area (Å²) in [7, 11) is 0. The van der Waals surface area contributed by atoms with Gasteiger partial charge in [0, 0.05) is 16.4 Å². The highest BCUT2D eigenvalue weighted by atomic mass is 79.9. The topological polar surface area (TPSA) is 69.5 Å².